The van der Waals surface area contributed by atoms with E-state index >= 15 is 9.13 Å². The molecule has 0 fully saturated rings. The molecule has 2 unspecified atom stereocenters. The maximum absolute atomic E-state index is 15.7. The van der Waals surface area contributed by atoms with Crippen molar-refractivity contribution in [3.63, 3.8) is 0 Å². The van der Waals surface area contributed by atoms with Crippen molar-refractivity contribution >= 4 is 69.0 Å². The van der Waals surface area contributed by atoms with E-state index in [2.05, 4.69) is 0 Å². The average molecular weight is 608 g/mol. The first-order valence-corrected chi connectivity index (χ1v) is 17.7. The van der Waals surface area contributed by atoms with Crippen LogP contribution in [-0.2, 0) is 9.13 Å². The first-order valence-electron chi connectivity index (χ1n) is 14.3. The second-order valence-electron chi connectivity index (χ2n) is 11.5. The number of para-hydroxylation sites is 2. The Balaban J connectivity index is 1.31. The van der Waals surface area contributed by atoms with Crippen LogP contribution in [0.1, 0.15) is 11.1 Å². The van der Waals surface area contributed by atoms with Crippen LogP contribution in [0.25, 0.3) is 22.9 Å². The van der Waals surface area contributed by atoms with E-state index in [-0.39, 0.29) is 0 Å². The second-order valence-corrected chi connectivity index (χ2v) is 16.7. The molecule has 0 saturated carbocycles. The Morgan fingerprint density at radius 2 is 0.818 bits per heavy atom. The zero-order chi connectivity index (χ0) is 28.9. The molecule has 4 aliphatic heterocycles. The predicted octanol–water partition coefficient (Wildman–Crippen LogP) is 7.03. The molecule has 11 rings (SSSR count). The molecule has 208 valence electrons. The molecule has 0 amide bonds. The molecule has 6 aromatic carbocycles. The lowest BCUT2D eigenvalue weighted by molar-refractivity contribution is 0.457. The van der Waals surface area contributed by atoms with Crippen molar-refractivity contribution in [3.8, 4) is 46.0 Å². The quantitative estimate of drug-likeness (QED) is 0.172. The summed E-state index contributed by atoms with van der Waals surface area (Å²) in [6, 6.07) is 30.0. The summed E-state index contributed by atoms with van der Waals surface area (Å²) in [6.07, 6.45) is 4.05. The van der Waals surface area contributed by atoms with E-state index < -0.39 is 14.3 Å². The third-order valence-electron chi connectivity index (χ3n) is 9.28. The van der Waals surface area contributed by atoms with Gasteiger partial charge in [-0.2, -0.15) is 0 Å². The van der Waals surface area contributed by atoms with Crippen molar-refractivity contribution in [1.29, 1.82) is 0 Å². The molecule has 0 aromatic heterocycles. The Kier molecular flexibility index (Phi) is 4.02. The molecule has 8 heteroatoms. The lowest BCUT2D eigenvalue weighted by Gasteiger charge is -2.37. The van der Waals surface area contributed by atoms with Gasteiger partial charge in [0.05, 0.1) is 26.6 Å². The molecule has 4 heterocycles. The monoisotopic (exact) mass is 608 g/mol. The molecule has 1 aliphatic carbocycles. The SMILES string of the molecule is O=P12c3ccccc3Oc3cccc(c31)Oc1c2cc2c3c(cc4c(c13)Oc1cccc3c1P4(=O)c1ccccc1O3)C=C2. The van der Waals surface area contributed by atoms with Crippen LogP contribution in [0, 0.1) is 0 Å². The number of hydrogen-bond acceptors (Lipinski definition) is 6. The van der Waals surface area contributed by atoms with Gasteiger partial charge in [0, 0.05) is 5.39 Å². The number of ether oxygens (including phenoxy) is 4. The van der Waals surface area contributed by atoms with Crippen molar-refractivity contribution in [2.24, 2.45) is 0 Å². The van der Waals surface area contributed by atoms with Crippen LogP contribution in [0.4, 0.5) is 0 Å². The minimum Gasteiger partial charge on any atom is -0.456 e. The summed E-state index contributed by atoms with van der Waals surface area (Å²) in [5.41, 5.74) is 1.82. The molecular formula is C36H18O6P2. The fourth-order valence-corrected chi connectivity index (χ4v) is 13.7. The highest BCUT2D eigenvalue weighted by Gasteiger charge is 2.50. The van der Waals surface area contributed by atoms with Crippen molar-refractivity contribution in [2.75, 3.05) is 0 Å². The summed E-state index contributed by atoms with van der Waals surface area (Å²) in [5, 5.41) is 5.13. The maximum atomic E-state index is 15.7. The first kappa shape index (κ1) is 23.4. The summed E-state index contributed by atoms with van der Waals surface area (Å²) >= 11 is 0. The molecule has 0 spiro atoms. The first-order chi connectivity index (χ1) is 21.5. The third-order valence-corrected chi connectivity index (χ3v) is 15.5. The lowest BCUT2D eigenvalue weighted by Crippen LogP contribution is -2.36. The Labute approximate surface area is 250 Å². The normalized spacial score (nSPS) is 21.3. The summed E-state index contributed by atoms with van der Waals surface area (Å²) in [4.78, 5) is 0. The molecule has 0 N–H and O–H groups in total. The highest BCUT2D eigenvalue weighted by Crippen LogP contribution is 2.64. The van der Waals surface area contributed by atoms with Gasteiger partial charge in [0.1, 0.15) is 56.6 Å². The van der Waals surface area contributed by atoms with Crippen LogP contribution >= 0.6 is 14.3 Å². The number of benzene rings is 6. The van der Waals surface area contributed by atoms with E-state index in [1.807, 2.05) is 109 Å². The fourth-order valence-electron chi connectivity index (χ4n) is 7.49. The Bertz CT molecular complexity index is 2360. The summed E-state index contributed by atoms with van der Waals surface area (Å²) < 4.78 is 57.5. The lowest BCUT2D eigenvalue weighted by atomic mass is 10.0. The van der Waals surface area contributed by atoms with E-state index in [0.29, 0.717) is 83.2 Å². The second kappa shape index (κ2) is 7.54. The van der Waals surface area contributed by atoms with E-state index in [9.17, 15) is 0 Å². The molecule has 5 aliphatic rings. The molecule has 44 heavy (non-hydrogen) atoms. The largest absolute Gasteiger partial charge is 0.456 e. The van der Waals surface area contributed by atoms with Gasteiger partial charge in [-0.05, 0) is 71.8 Å². The molecule has 0 bridgehead atoms. The van der Waals surface area contributed by atoms with Crippen molar-refractivity contribution in [3.05, 3.63) is 108 Å². The summed E-state index contributed by atoms with van der Waals surface area (Å²) in [6.45, 7) is 0. The van der Waals surface area contributed by atoms with Gasteiger partial charge in [-0.3, -0.25) is 0 Å². The van der Waals surface area contributed by atoms with Crippen LogP contribution in [0.2, 0.25) is 0 Å². The number of hydrogen-bond donors (Lipinski definition) is 0. The Hall–Kier alpha value is -5.02. The van der Waals surface area contributed by atoms with Crippen molar-refractivity contribution < 1.29 is 28.1 Å². The van der Waals surface area contributed by atoms with Gasteiger partial charge in [-0.15, -0.1) is 0 Å². The van der Waals surface area contributed by atoms with Crippen LogP contribution in [0.3, 0.4) is 0 Å². The molecule has 0 saturated heterocycles. The van der Waals surface area contributed by atoms with Crippen LogP contribution in [0.5, 0.6) is 46.0 Å². The smallest absolute Gasteiger partial charge is 0.185 e. The Morgan fingerprint density at radius 1 is 0.409 bits per heavy atom. The highest BCUT2D eigenvalue weighted by atomic mass is 31.2. The van der Waals surface area contributed by atoms with Crippen LogP contribution in [0.15, 0.2) is 97.1 Å². The van der Waals surface area contributed by atoms with Gasteiger partial charge < -0.3 is 28.1 Å². The molecule has 6 nitrogen and oxygen atoms in total. The molecular weight excluding hydrogens is 590 g/mol. The zero-order valence-electron chi connectivity index (χ0n) is 22.7. The number of rotatable bonds is 0. The number of fused-ring (bicyclic) bond motifs is 10. The van der Waals surface area contributed by atoms with Gasteiger partial charge in [0.25, 0.3) is 0 Å². The minimum atomic E-state index is -3.46. The summed E-state index contributed by atoms with van der Waals surface area (Å²) in [5.74, 6) is 4.07. The summed E-state index contributed by atoms with van der Waals surface area (Å²) in [7, 11) is -6.91. The molecule has 6 aromatic rings. The molecule has 2 atom stereocenters. The molecule has 0 radical (unpaired) electrons. The van der Waals surface area contributed by atoms with Gasteiger partial charge in [-0.25, -0.2) is 0 Å². The maximum Gasteiger partial charge on any atom is 0.185 e. The minimum absolute atomic E-state index is 0.461. The van der Waals surface area contributed by atoms with Crippen LogP contribution < -0.4 is 50.8 Å². The van der Waals surface area contributed by atoms with E-state index in [0.717, 1.165) is 16.5 Å². The van der Waals surface area contributed by atoms with Crippen molar-refractivity contribution in [1.82, 2.24) is 0 Å². The van der Waals surface area contributed by atoms with E-state index in [1.54, 1.807) is 0 Å². The van der Waals surface area contributed by atoms with E-state index in [1.165, 1.54) is 0 Å². The average Bonchev–Trinajstić information content (AvgIpc) is 3.45. The standard InChI is InChI=1S/C36H18O6P2/c37-43-27-13-3-1-7-21(27)39-23-9-5-11-25(35(23)43)41-33-29(43)17-19-15-16-20-18-30-34(32(33)31(19)20)42-26-12-6-10-24-36(26)44(30,38)28-14-4-2-8-22(28)40-24/h1-18H. The predicted molar refractivity (Wildman–Crippen MR) is 172 cm³/mol. The Morgan fingerprint density at radius 3 is 1.30 bits per heavy atom. The highest BCUT2D eigenvalue weighted by molar-refractivity contribution is 7.86. The van der Waals surface area contributed by atoms with Crippen LogP contribution in [-0.4, -0.2) is 0 Å². The fraction of sp³-hybridized carbons (Fsp3) is 0. The van der Waals surface area contributed by atoms with E-state index in [4.69, 9.17) is 18.9 Å². The van der Waals surface area contributed by atoms with Crippen molar-refractivity contribution in [2.45, 2.75) is 0 Å². The zero-order valence-corrected chi connectivity index (χ0v) is 24.5. The topological polar surface area (TPSA) is 71.1 Å². The van der Waals surface area contributed by atoms with Gasteiger partial charge >= 0.3 is 0 Å². The van der Waals surface area contributed by atoms with Gasteiger partial charge in [0.2, 0.25) is 0 Å². The third kappa shape index (κ3) is 2.51. The van der Waals surface area contributed by atoms with Gasteiger partial charge in [-0.1, -0.05) is 48.6 Å². The van der Waals surface area contributed by atoms with Gasteiger partial charge in [0.15, 0.2) is 14.3 Å².